The highest BCUT2D eigenvalue weighted by atomic mass is 79.9. The van der Waals surface area contributed by atoms with Crippen LogP contribution in [0.5, 0.6) is 5.75 Å². The largest absolute Gasteiger partial charge is 0.479 e. The maximum Gasteiger partial charge on any atom is 0.261 e. The van der Waals surface area contributed by atoms with Crippen molar-refractivity contribution in [1.82, 2.24) is 5.32 Å². The van der Waals surface area contributed by atoms with Gasteiger partial charge in [0, 0.05) is 11.0 Å². The Balaban J connectivity index is 2.41. The fourth-order valence-electron chi connectivity index (χ4n) is 2.23. The van der Waals surface area contributed by atoms with Crippen LogP contribution in [0, 0.1) is 6.92 Å². The maximum atomic E-state index is 11.9. The summed E-state index contributed by atoms with van der Waals surface area (Å²) in [6.45, 7) is 2.32. The number of hydrogen-bond acceptors (Lipinski definition) is 4. The zero-order valence-electron chi connectivity index (χ0n) is 11.6. The van der Waals surface area contributed by atoms with Gasteiger partial charge in [0.1, 0.15) is 10.6 Å². The molecule has 1 amide bonds. The molecule has 6 nitrogen and oxygen atoms in total. The molecule has 116 valence electrons. The van der Waals surface area contributed by atoms with Crippen LogP contribution in [0.3, 0.4) is 0 Å². The van der Waals surface area contributed by atoms with Gasteiger partial charge in [-0.1, -0.05) is 15.9 Å². The molecule has 1 aromatic rings. The Kier molecular flexibility index (Phi) is 4.90. The lowest BCUT2D eigenvalue weighted by Gasteiger charge is -2.19. The summed E-state index contributed by atoms with van der Waals surface area (Å²) in [7, 11) is -3.94. The number of aryl methyl sites for hydroxylation is 1. The molecule has 3 N–H and O–H groups in total. The molecule has 1 aromatic carbocycles. The van der Waals surface area contributed by atoms with Gasteiger partial charge in [0.2, 0.25) is 10.0 Å². The highest BCUT2D eigenvalue weighted by Crippen LogP contribution is 2.32. The van der Waals surface area contributed by atoms with Gasteiger partial charge in [-0.25, -0.2) is 13.6 Å². The third-order valence-corrected chi connectivity index (χ3v) is 4.63. The lowest BCUT2D eigenvalue weighted by molar-refractivity contribution is -0.127. The molecule has 8 heteroatoms. The number of amides is 1. The number of carbonyl (C=O) groups is 1. The Labute approximate surface area is 132 Å². The van der Waals surface area contributed by atoms with E-state index in [0.717, 1.165) is 12.8 Å². The number of halogens is 1. The summed E-state index contributed by atoms with van der Waals surface area (Å²) in [5, 5.41) is 7.99. The van der Waals surface area contributed by atoms with E-state index in [1.807, 2.05) is 0 Å². The number of hydrogen-bond donors (Lipinski definition) is 2. The van der Waals surface area contributed by atoms with Gasteiger partial charge in [-0.3, -0.25) is 4.79 Å². The van der Waals surface area contributed by atoms with Crippen molar-refractivity contribution in [2.24, 2.45) is 5.14 Å². The van der Waals surface area contributed by atoms with E-state index < -0.39 is 16.1 Å². The van der Waals surface area contributed by atoms with Crippen LogP contribution in [-0.4, -0.2) is 27.0 Å². The average Bonchev–Trinajstić information content (AvgIpc) is 2.56. The van der Waals surface area contributed by atoms with E-state index in [0.29, 0.717) is 23.0 Å². The zero-order valence-corrected chi connectivity index (χ0v) is 14.0. The second-order valence-electron chi connectivity index (χ2n) is 4.99. The summed E-state index contributed by atoms with van der Waals surface area (Å²) in [5.74, 6) is -0.0852. The Bertz CT molecular complexity index is 660. The minimum absolute atomic E-state index is 0.119. The molecule has 1 saturated heterocycles. The van der Waals surface area contributed by atoms with Crippen LogP contribution in [0.1, 0.15) is 24.8 Å². The highest BCUT2D eigenvalue weighted by molar-refractivity contribution is 9.10. The fraction of sp³-hybridized carbons (Fsp3) is 0.462. The Hall–Kier alpha value is -1.12. The first-order valence-electron chi connectivity index (χ1n) is 6.56. The van der Waals surface area contributed by atoms with Crippen LogP contribution in [0.2, 0.25) is 0 Å². The van der Waals surface area contributed by atoms with Gasteiger partial charge in [0.05, 0.1) is 0 Å². The number of rotatable bonds is 3. The number of nitrogens with two attached hydrogens (primary N) is 1. The number of ether oxygens (including phenoxy) is 1. The van der Waals surface area contributed by atoms with Crippen molar-refractivity contribution < 1.29 is 17.9 Å². The van der Waals surface area contributed by atoms with Crippen LogP contribution in [0.15, 0.2) is 21.5 Å². The average molecular weight is 377 g/mol. The van der Waals surface area contributed by atoms with Crippen molar-refractivity contribution in [2.75, 3.05) is 6.54 Å². The molecule has 0 saturated carbocycles. The van der Waals surface area contributed by atoms with E-state index in [2.05, 4.69) is 21.2 Å². The Morgan fingerprint density at radius 2 is 2.10 bits per heavy atom. The number of carbonyl (C=O) groups excluding carboxylic acids is 1. The summed E-state index contributed by atoms with van der Waals surface area (Å²) in [6.07, 6.45) is 1.56. The summed E-state index contributed by atoms with van der Waals surface area (Å²) >= 11 is 3.23. The number of benzene rings is 1. The summed E-state index contributed by atoms with van der Waals surface area (Å²) in [6, 6.07) is 3.10. The van der Waals surface area contributed by atoms with Gasteiger partial charge in [-0.05, 0) is 43.9 Å². The summed E-state index contributed by atoms with van der Waals surface area (Å²) in [5.41, 5.74) is 0.602. The van der Waals surface area contributed by atoms with Crippen LogP contribution >= 0.6 is 15.9 Å². The van der Waals surface area contributed by atoms with Crippen molar-refractivity contribution in [1.29, 1.82) is 0 Å². The molecular formula is C13H17BrN2O4S. The molecule has 1 aliphatic rings. The molecule has 21 heavy (non-hydrogen) atoms. The van der Waals surface area contributed by atoms with E-state index >= 15 is 0 Å². The minimum atomic E-state index is -3.94. The Morgan fingerprint density at radius 3 is 2.76 bits per heavy atom. The quantitative estimate of drug-likeness (QED) is 0.833. The first-order chi connectivity index (χ1) is 9.79. The second-order valence-corrected chi connectivity index (χ2v) is 7.43. The first-order valence-corrected chi connectivity index (χ1v) is 8.90. The monoisotopic (exact) mass is 376 g/mol. The van der Waals surface area contributed by atoms with Crippen molar-refractivity contribution >= 4 is 31.9 Å². The zero-order chi connectivity index (χ0) is 15.6. The summed E-state index contributed by atoms with van der Waals surface area (Å²) < 4.78 is 29.7. The van der Waals surface area contributed by atoms with E-state index in [4.69, 9.17) is 9.88 Å². The predicted octanol–water partition coefficient (Wildman–Crippen LogP) is 1.45. The van der Waals surface area contributed by atoms with E-state index in [-0.39, 0.29) is 16.6 Å². The molecule has 1 unspecified atom stereocenters. The Morgan fingerprint density at radius 1 is 1.38 bits per heavy atom. The molecule has 1 atom stereocenters. The number of nitrogens with one attached hydrogen (secondary N) is 1. The van der Waals surface area contributed by atoms with Crippen LogP contribution in [0.4, 0.5) is 0 Å². The van der Waals surface area contributed by atoms with Gasteiger partial charge in [0.25, 0.3) is 5.91 Å². The third kappa shape index (κ3) is 3.96. The minimum Gasteiger partial charge on any atom is -0.479 e. The standard InChI is InChI=1S/C13H17BrN2O4S/c1-8-6-9(14)7-11(21(15,18)19)12(8)20-10-4-2-3-5-16-13(10)17/h6-7,10H,2-5H2,1H3,(H,16,17)(H2,15,18,19). The molecule has 0 radical (unpaired) electrons. The van der Waals surface area contributed by atoms with Crippen LogP contribution < -0.4 is 15.2 Å². The van der Waals surface area contributed by atoms with E-state index in [1.165, 1.54) is 6.07 Å². The van der Waals surface area contributed by atoms with Crippen LogP contribution in [0.25, 0.3) is 0 Å². The van der Waals surface area contributed by atoms with Gasteiger partial charge in [0.15, 0.2) is 6.10 Å². The number of primary sulfonamides is 1. The fourth-order valence-corrected chi connectivity index (χ4v) is 3.71. The highest BCUT2D eigenvalue weighted by Gasteiger charge is 2.26. The molecule has 0 spiro atoms. The van der Waals surface area contributed by atoms with Gasteiger partial charge >= 0.3 is 0 Å². The lowest BCUT2D eigenvalue weighted by Crippen LogP contribution is -2.37. The topological polar surface area (TPSA) is 98.5 Å². The van der Waals surface area contributed by atoms with E-state index in [9.17, 15) is 13.2 Å². The normalized spacial score (nSPS) is 19.8. The smallest absolute Gasteiger partial charge is 0.261 e. The molecule has 0 aromatic heterocycles. The SMILES string of the molecule is Cc1cc(Br)cc(S(N)(=O)=O)c1OC1CCCCNC1=O. The predicted molar refractivity (Wildman–Crippen MR) is 81.5 cm³/mol. The van der Waals surface area contributed by atoms with Crippen molar-refractivity contribution in [2.45, 2.75) is 37.2 Å². The molecule has 0 aliphatic carbocycles. The molecule has 0 bridgehead atoms. The molecule has 1 heterocycles. The van der Waals surface area contributed by atoms with Gasteiger partial charge in [-0.2, -0.15) is 0 Å². The maximum absolute atomic E-state index is 11.9. The van der Waals surface area contributed by atoms with Crippen LogP contribution in [-0.2, 0) is 14.8 Å². The van der Waals surface area contributed by atoms with Gasteiger partial charge in [-0.15, -0.1) is 0 Å². The first kappa shape index (κ1) is 16.3. The molecular weight excluding hydrogens is 360 g/mol. The second kappa shape index (κ2) is 6.33. The van der Waals surface area contributed by atoms with Crippen molar-refractivity contribution in [3.05, 3.63) is 22.2 Å². The van der Waals surface area contributed by atoms with Crippen molar-refractivity contribution in [3.63, 3.8) is 0 Å². The summed E-state index contributed by atoms with van der Waals surface area (Å²) in [4.78, 5) is 11.8. The molecule has 1 fully saturated rings. The molecule has 1 aliphatic heterocycles. The third-order valence-electron chi connectivity index (χ3n) is 3.26. The van der Waals surface area contributed by atoms with E-state index in [1.54, 1.807) is 13.0 Å². The number of sulfonamides is 1. The van der Waals surface area contributed by atoms with Gasteiger partial charge < -0.3 is 10.1 Å². The molecule has 2 rings (SSSR count). The lowest BCUT2D eigenvalue weighted by atomic mass is 10.1. The van der Waals surface area contributed by atoms with Crippen molar-refractivity contribution in [3.8, 4) is 5.75 Å².